The summed E-state index contributed by atoms with van der Waals surface area (Å²) < 4.78 is 0. The van der Waals surface area contributed by atoms with E-state index in [2.05, 4.69) is 134 Å². The fourth-order valence-corrected chi connectivity index (χ4v) is 11.0. The second-order valence-corrected chi connectivity index (χ2v) is 13.3. The van der Waals surface area contributed by atoms with E-state index in [4.69, 9.17) is 0 Å². The molecule has 0 fully saturated rings. The smallest absolute Gasteiger partial charge is 0.122 e. The van der Waals surface area contributed by atoms with Crippen LogP contribution in [0.4, 0.5) is 0 Å². The first-order valence-electron chi connectivity index (χ1n) is 12.0. The van der Waals surface area contributed by atoms with Crippen LogP contribution in [0, 0.1) is 0 Å². The molecule has 0 spiro atoms. The molecule has 0 nitrogen and oxygen atoms in total. The van der Waals surface area contributed by atoms with E-state index in [9.17, 15) is 0 Å². The second-order valence-electron chi connectivity index (χ2n) is 9.42. The average molecular weight is 463 g/mol. The van der Waals surface area contributed by atoms with Crippen molar-refractivity contribution in [3.8, 4) is 0 Å². The van der Waals surface area contributed by atoms with E-state index in [1.165, 1.54) is 58.6 Å². The van der Waals surface area contributed by atoms with E-state index >= 15 is 0 Å². The zero-order valence-corrected chi connectivity index (χ0v) is 22.1. The van der Waals surface area contributed by atoms with Crippen molar-refractivity contribution in [1.29, 1.82) is 0 Å². The van der Waals surface area contributed by atoms with Gasteiger partial charge >= 0.3 is 37.7 Å². The van der Waals surface area contributed by atoms with Crippen LogP contribution in [0.1, 0.15) is 0 Å². The van der Waals surface area contributed by atoms with Crippen molar-refractivity contribution in [3.63, 3.8) is 0 Å². The predicted molar refractivity (Wildman–Crippen MR) is 151 cm³/mol. The maximum atomic E-state index is 2.57. The van der Waals surface area contributed by atoms with E-state index < -0.39 is 8.07 Å². The third kappa shape index (κ3) is 3.43. The summed E-state index contributed by atoms with van der Waals surface area (Å²) in [6.07, 6.45) is 0. The normalized spacial score (nSPS) is 11.6. The maximum Gasteiger partial charge on any atom is 1.00 e. The van der Waals surface area contributed by atoms with Gasteiger partial charge in [0.15, 0.2) is 0 Å². The minimum absolute atomic E-state index is 0. The largest absolute Gasteiger partial charge is 1.00 e. The minimum Gasteiger partial charge on any atom is -0.122 e. The molecule has 3 heteroatoms. The number of rotatable bonds is 3. The molecule has 0 unspecified atom stereocenters. The summed E-state index contributed by atoms with van der Waals surface area (Å²) in [4.78, 5) is 0. The molecule has 0 aliphatic carbocycles. The monoisotopic (exact) mass is 462 g/mol. The van der Waals surface area contributed by atoms with Crippen molar-refractivity contribution in [3.05, 3.63) is 127 Å². The van der Waals surface area contributed by atoms with Gasteiger partial charge in [-0.2, -0.15) is 0 Å². The Morgan fingerprint density at radius 1 is 0.389 bits per heavy atom. The van der Waals surface area contributed by atoms with Gasteiger partial charge in [-0.05, 0) is 0 Å². The van der Waals surface area contributed by atoms with Crippen LogP contribution in [-0.2, 0) is 0 Å². The Hall–Kier alpha value is -2.75. The minimum atomic E-state index is -2.43. The molecule has 0 heterocycles. The Morgan fingerprint density at radius 2 is 0.667 bits per heavy atom. The van der Waals surface area contributed by atoms with Crippen molar-refractivity contribution < 1.29 is 37.7 Å². The summed E-state index contributed by atoms with van der Waals surface area (Å²) in [7, 11) is -2.43. The van der Waals surface area contributed by atoms with Crippen LogP contribution in [0.15, 0.2) is 127 Å². The number of hydrogen-bond donors (Lipinski definition) is 0. The van der Waals surface area contributed by atoms with Crippen LogP contribution in [0.2, 0.25) is 6.55 Å². The molecule has 0 saturated carbocycles. The van der Waals surface area contributed by atoms with Crippen LogP contribution in [0.3, 0.4) is 0 Å². The van der Waals surface area contributed by atoms with Gasteiger partial charge in [-0.25, -0.2) is 0 Å². The van der Waals surface area contributed by atoms with Crippen molar-refractivity contribution >= 4 is 66.7 Å². The van der Waals surface area contributed by atoms with Gasteiger partial charge in [0.05, 0.1) is 8.07 Å². The Bertz CT molecular complexity index is 1600. The summed E-state index contributed by atoms with van der Waals surface area (Å²) in [5.74, 6) is 0. The Labute approximate surface area is 237 Å². The zero-order valence-electron chi connectivity index (χ0n) is 21.1. The van der Waals surface area contributed by atoms with Gasteiger partial charge in [-0.1, -0.05) is 115 Å². The third-order valence-electron chi connectivity index (χ3n) is 7.72. The molecular formula is C33H24Li2Si. The first-order chi connectivity index (χ1) is 16.8. The maximum absolute atomic E-state index is 2.57. The molecular weight excluding hydrogens is 438 g/mol. The van der Waals surface area contributed by atoms with Gasteiger partial charge in [0.25, 0.3) is 0 Å². The molecule has 0 atom stereocenters. The third-order valence-corrected chi connectivity index (χ3v) is 12.3. The molecule has 0 bridgehead atoms. The summed E-state index contributed by atoms with van der Waals surface area (Å²) in [5, 5.41) is 15.6. The first-order valence-corrected chi connectivity index (χ1v) is 14.5. The molecule has 0 aromatic heterocycles. The molecule has 7 aromatic carbocycles. The van der Waals surface area contributed by atoms with Gasteiger partial charge in [0.2, 0.25) is 0 Å². The quantitative estimate of drug-likeness (QED) is 0.270. The van der Waals surface area contributed by atoms with Crippen LogP contribution in [0.25, 0.3) is 43.1 Å². The molecule has 7 aromatic rings. The topological polar surface area (TPSA) is 0 Å². The van der Waals surface area contributed by atoms with Crippen LogP contribution < -0.4 is 53.3 Å². The fraction of sp³-hybridized carbons (Fsp3) is 0.0303. The second kappa shape index (κ2) is 9.61. The average Bonchev–Trinajstić information content (AvgIpc) is 3.43. The van der Waals surface area contributed by atoms with Crippen molar-refractivity contribution in [2.24, 2.45) is 0 Å². The van der Waals surface area contributed by atoms with Gasteiger partial charge in [0.1, 0.15) is 0 Å². The Kier molecular flexibility index (Phi) is 6.65. The summed E-state index contributed by atoms with van der Waals surface area (Å²) in [6, 6.07) is 47.3. The van der Waals surface area contributed by atoms with E-state index in [0.717, 1.165) is 0 Å². The molecule has 0 N–H and O–H groups in total. The summed E-state index contributed by atoms with van der Waals surface area (Å²) >= 11 is 0. The van der Waals surface area contributed by atoms with Crippen molar-refractivity contribution in [2.45, 2.75) is 6.55 Å². The molecule has 0 aliphatic rings. The van der Waals surface area contributed by atoms with Crippen LogP contribution in [0.5, 0.6) is 0 Å². The zero-order chi connectivity index (χ0) is 22.7. The van der Waals surface area contributed by atoms with E-state index in [-0.39, 0.29) is 37.7 Å². The molecule has 162 valence electrons. The molecule has 0 aliphatic heterocycles. The van der Waals surface area contributed by atoms with Gasteiger partial charge < -0.3 is 0 Å². The SMILES string of the molecule is C[Si](c1ccccc1)([c-]1c2ccccc2c2ccccc21)[c-]1c2ccccc2c2ccccc21.[Li+].[Li+]. The first kappa shape index (κ1) is 24.9. The molecule has 0 amide bonds. The number of benzene rings is 5. The number of hydrogen-bond acceptors (Lipinski definition) is 0. The van der Waals surface area contributed by atoms with Gasteiger partial charge in [0, 0.05) is 0 Å². The molecule has 36 heavy (non-hydrogen) atoms. The molecule has 0 radical (unpaired) electrons. The van der Waals surface area contributed by atoms with Gasteiger partial charge in [-0.15, -0.1) is 77.7 Å². The molecule has 0 saturated heterocycles. The Morgan fingerprint density at radius 3 is 1.00 bits per heavy atom. The number of fused-ring (bicyclic) bond motifs is 6. The molecule has 7 rings (SSSR count). The van der Waals surface area contributed by atoms with Gasteiger partial charge in [-0.3, -0.25) is 0 Å². The summed E-state index contributed by atoms with van der Waals surface area (Å²) in [5.41, 5.74) is 0. The van der Waals surface area contributed by atoms with E-state index in [1.807, 2.05) is 0 Å². The van der Waals surface area contributed by atoms with E-state index in [1.54, 1.807) is 0 Å². The summed E-state index contributed by atoms with van der Waals surface area (Å²) in [6.45, 7) is 2.57. The fourth-order valence-electron chi connectivity index (χ4n) is 6.30. The van der Waals surface area contributed by atoms with E-state index in [0.29, 0.717) is 0 Å². The Balaban J connectivity index is 0.00000133. The van der Waals surface area contributed by atoms with Crippen LogP contribution in [-0.4, -0.2) is 8.07 Å². The van der Waals surface area contributed by atoms with Crippen molar-refractivity contribution in [1.82, 2.24) is 0 Å². The predicted octanol–water partition coefficient (Wildman–Crippen LogP) is 0.845. The van der Waals surface area contributed by atoms with Crippen molar-refractivity contribution in [2.75, 3.05) is 0 Å². The van der Waals surface area contributed by atoms with Crippen LogP contribution >= 0.6 is 0 Å². The standard InChI is InChI=1S/C33H24Si.2Li/c1-34(23-13-3-2-4-14-23,32-28-19-9-5-15-24(28)25-16-6-10-20-29(25)32)33-30-21-11-7-17-26(30)27-18-8-12-22-31(27)33;;/h2-22H,1H3;;/q-2;2*+1.